The molecule has 2 heterocycles. The Labute approximate surface area is 129 Å². The Morgan fingerprint density at radius 1 is 1.24 bits per heavy atom. The fraction of sp³-hybridized carbons (Fsp3) is 0.533. The number of hydrogen-bond acceptors (Lipinski definition) is 5. The minimum absolute atomic E-state index is 0.0327. The third kappa shape index (κ3) is 3.69. The van der Waals surface area contributed by atoms with Gasteiger partial charge < -0.3 is 9.88 Å². The Bertz CT molecular complexity index is 647. The lowest BCUT2D eigenvalue weighted by atomic mass is 10.2. The fourth-order valence-corrected chi connectivity index (χ4v) is 3.01. The second-order valence-electron chi connectivity index (χ2n) is 4.99. The van der Waals surface area contributed by atoms with Gasteiger partial charge >= 0.3 is 0 Å². The van der Waals surface area contributed by atoms with Crippen LogP contribution in [0.3, 0.4) is 0 Å². The summed E-state index contributed by atoms with van der Waals surface area (Å²) >= 11 is 1.42. The van der Waals surface area contributed by atoms with Gasteiger partial charge in [-0.25, -0.2) is 0 Å². The summed E-state index contributed by atoms with van der Waals surface area (Å²) in [6, 6.07) is 3.83. The Hall–Kier alpha value is -1.69. The number of nitrogens with zero attached hydrogens (tertiary/aromatic N) is 3. The van der Waals surface area contributed by atoms with Crippen LogP contribution in [0.2, 0.25) is 0 Å². The Balaban J connectivity index is 2.31. The van der Waals surface area contributed by atoms with Crippen LogP contribution in [-0.2, 0) is 6.54 Å². The largest absolute Gasteiger partial charge is 0.360 e. The predicted molar refractivity (Wildman–Crippen MR) is 88.0 cm³/mol. The molecular formula is C15H22N4OS. The molecule has 0 aromatic carbocycles. The second kappa shape index (κ2) is 7.36. The summed E-state index contributed by atoms with van der Waals surface area (Å²) in [6.07, 6.45) is 3.31. The van der Waals surface area contributed by atoms with Gasteiger partial charge in [0.1, 0.15) is 0 Å². The number of aryl methyl sites for hydroxylation is 1. The average molecular weight is 306 g/mol. The van der Waals surface area contributed by atoms with Gasteiger partial charge in [-0.1, -0.05) is 31.1 Å². The molecule has 21 heavy (non-hydrogen) atoms. The molecule has 1 N–H and O–H groups in total. The van der Waals surface area contributed by atoms with Crippen LogP contribution in [0.15, 0.2) is 16.9 Å². The summed E-state index contributed by atoms with van der Waals surface area (Å²) in [5.74, 6) is 0. The molecule has 0 amide bonds. The first kappa shape index (κ1) is 15.7. The number of nitrogens with one attached hydrogen (secondary N) is 1. The molecule has 0 aliphatic rings. The van der Waals surface area contributed by atoms with E-state index in [2.05, 4.69) is 22.4 Å². The lowest BCUT2D eigenvalue weighted by Gasteiger charge is -2.10. The summed E-state index contributed by atoms with van der Waals surface area (Å²) in [6.45, 7) is 7.71. The van der Waals surface area contributed by atoms with Gasteiger partial charge in [0.15, 0.2) is 5.01 Å². The molecular weight excluding hydrogens is 284 g/mol. The third-order valence-electron chi connectivity index (χ3n) is 3.36. The van der Waals surface area contributed by atoms with Gasteiger partial charge in [0.2, 0.25) is 5.13 Å². The molecule has 0 aliphatic heterocycles. The highest BCUT2D eigenvalue weighted by Gasteiger charge is 2.13. The van der Waals surface area contributed by atoms with Gasteiger partial charge in [0.25, 0.3) is 5.56 Å². The minimum atomic E-state index is 0.0327. The molecule has 0 unspecified atom stereocenters. The molecule has 2 aromatic heterocycles. The summed E-state index contributed by atoms with van der Waals surface area (Å²) < 4.78 is 1.85. The van der Waals surface area contributed by atoms with E-state index in [1.54, 1.807) is 0 Å². The number of aromatic nitrogens is 3. The van der Waals surface area contributed by atoms with Gasteiger partial charge in [0.05, 0.1) is 5.56 Å². The van der Waals surface area contributed by atoms with Crippen molar-refractivity contribution in [3.05, 3.63) is 28.2 Å². The lowest BCUT2D eigenvalue weighted by Crippen LogP contribution is -2.23. The van der Waals surface area contributed by atoms with Crippen LogP contribution < -0.4 is 10.9 Å². The zero-order valence-electron chi connectivity index (χ0n) is 12.8. The highest BCUT2D eigenvalue weighted by Crippen LogP contribution is 2.24. The molecule has 6 heteroatoms. The summed E-state index contributed by atoms with van der Waals surface area (Å²) in [5.41, 5.74) is 1.67. The van der Waals surface area contributed by atoms with E-state index in [1.165, 1.54) is 11.3 Å². The number of rotatable bonds is 7. The van der Waals surface area contributed by atoms with Gasteiger partial charge in [-0.2, -0.15) is 0 Å². The van der Waals surface area contributed by atoms with Gasteiger partial charge in [-0.05, 0) is 32.4 Å². The zero-order chi connectivity index (χ0) is 15.2. The van der Waals surface area contributed by atoms with Crippen molar-refractivity contribution in [2.24, 2.45) is 0 Å². The van der Waals surface area contributed by atoms with Gasteiger partial charge in [-0.15, -0.1) is 10.2 Å². The summed E-state index contributed by atoms with van der Waals surface area (Å²) in [5, 5.41) is 12.7. The molecule has 114 valence electrons. The van der Waals surface area contributed by atoms with Crippen molar-refractivity contribution in [3.8, 4) is 10.6 Å². The van der Waals surface area contributed by atoms with Gasteiger partial charge in [-0.3, -0.25) is 4.79 Å². The van der Waals surface area contributed by atoms with Crippen LogP contribution >= 0.6 is 11.3 Å². The molecule has 0 radical (unpaired) electrons. The summed E-state index contributed by atoms with van der Waals surface area (Å²) in [4.78, 5) is 12.6. The molecule has 0 atom stereocenters. The Morgan fingerprint density at radius 2 is 2.05 bits per heavy atom. The van der Waals surface area contributed by atoms with E-state index in [1.807, 2.05) is 30.5 Å². The molecule has 0 aliphatic carbocycles. The number of unbranched alkanes of at least 4 members (excludes halogenated alkanes) is 2. The Kier molecular flexibility index (Phi) is 5.50. The fourth-order valence-electron chi connectivity index (χ4n) is 2.19. The van der Waals surface area contributed by atoms with Crippen LogP contribution in [0.5, 0.6) is 0 Å². The highest BCUT2D eigenvalue weighted by atomic mass is 32.1. The van der Waals surface area contributed by atoms with Crippen LogP contribution in [0, 0.1) is 6.92 Å². The van der Waals surface area contributed by atoms with E-state index in [0.717, 1.165) is 43.2 Å². The maximum atomic E-state index is 12.6. The third-order valence-corrected chi connectivity index (χ3v) is 4.28. The van der Waals surface area contributed by atoms with Crippen LogP contribution in [0.1, 0.15) is 38.8 Å². The smallest absolute Gasteiger partial charge is 0.261 e. The summed E-state index contributed by atoms with van der Waals surface area (Å²) in [7, 11) is 0. The van der Waals surface area contributed by atoms with Crippen molar-refractivity contribution in [2.75, 3.05) is 11.9 Å². The quantitative estimate of drug-likeness (QED) is 0.797. The van der Waals surface area contributed by atoms with E-state index in [4.69, 9.17) is 0 Å². The molecule has 0 saturated heterocycles. The van der Waals surface area contributed by atoms with Crippen molar-refractivity contribution < 1.29 is 0 Å². The van der Waals surface area contributed by atoms with Crippen molar-refractivity contribution >= 4 is 16.5 Å². The van der Waals surface area contributed by atoms with Crippen molar-refractivity contribution in [1.82, 2.24) is 14.8 Å². The first-order valence-electron chi connectivity index (χ1n) is 7.45. The maximum absolute atomic E-state index is 12.6. The zero-order valence-corrected chi connectivity index (χ0v) is 13.7. The molecule has 0 spiro atoms. The van der Waals surface area contributed by atoms with E-state index in [0.29, 0.717) is 10.6 Å². The number of pyridine rings is 1. The van der Waals surface area contributed by atoms with Crippen LogP contribution in [0.25, 0.3) is 10.6 Å². The average Bonchev–Trinajstić information content (AvgIpc) is 2.91. The van der Waals surface area contributed by atoms with Gasteiger partial charge in [0, 0.05) is 18.8 Å². The Morgan fingerprint density at radius 3 is 2.76 bits per heavy atom. The van der Waals surface area contributed by atoms with E-state index < -0.39 is 0 Å². The van der Waals surface area contributed by atoms with E-state index in [9.17, 15) is 4.79 Å². The maximum Gasteiger partial charge on any atom is 0.261 e. The SMILES string of the molecule is CCCCCn1c(C)ccc(-c2nnc(NCC)s2)c1=O. The van der Waals surface area contributed by atoms with E-state index >= 15 is 0 Å². The predicted octanol–water partition coefficient (Wildman–Crippen LogP) is 3.30. The van der Waals surface area contributed by atoms with Crippen molar-refractivity contribution in [3.63, 3.8) is 0 Å². The minimum Gasteiger partial charge on any atom is -0.360 e. The molecule has 0 saturated carbocycles. The molecule has 0 fully saturated rings. The molecule has 2 rings (SSSR count). The molecule has 2 aromatic rings. The van der Waals surface area contributed by atoms with Crippen LogP contribution in [0.4, 0.5) is 5.13 Å². The van der Waals surface area contributed by atoms with Crippen LogP contribution in [-0.4, -0.2) is 21.3 Å². The normalized spacial score (nSPS) is 10.8. The number of anilines is 1. The van der Waals surface area contributed by atoms with Crippen molar-refractivity contribution in [1.29, 1.82) is 0 Å². The first-order valence-corrected chi connectivity index (χ1v) is 8.27. The highest BCUT2D eigenvalue weighted by molar-refractivity contribution is 7.18. The van der Waals surface area contributed by atoms with E-state index in [-0.39, 0.29) is 5.56 Å². The topological polar surface area (TPSA) is 59.8 Å². The number of hydrogen-bond donors (Lipinski definition) is 1. The molecule has 5 nitrogen and oxygen atoms in total. The standard InChI is InChI=1S/C15H22N4OS/c1-4-6-7-10-19-11(3)8-9-12(14(19)20)13-17-18-15(21-13)16-5-2/h8-9H,4-7,10H2,1-3H3,(H,16,18). The molecule has 0 bridgehead atoms. The second-order valence-corrected chi connectivity index (χ2v) is 5.97. The monoisotopic (exact) mass is 306 g/mol. The lowest BCUT2D eigenvalue weighted by molar-refractivity contribution is 0.577. The first-order chi connectivity index (χ1) is 10.2. The van der Waals surface area contributed by atoms with Crippen molar-refractivity contribution in [2.45, 2.75) is 46.6 Å².